The number of rotatable bonds is 7. The van der Waals surface area contributed by atoms with Crippen molar-refractivity contribution in [2.24, 2.45) is 0 Å². The average molecular weight is 637 g/mol. The summed E-state index contributed by atoms with van der Waals surface area (Å²) in [6.07, 6.45) is 1.00. The van der Waals surface area contributed by atoms with E-state index < -0.39 is 33.5 Å². The smallest absolute Gasteiger partial charge is 0.340 e. The average Bonchev–Trinajstić information content (AvgIpc) is 2.95. The number of carbonyl (C=O) groups is 1. The van der Waals surface area contributed by atoms with Gasteiger partial charge in [0, 0.05) is 21.7 Å². The van der Waals surface area contributed by atoms with E-state index in [0.29, 0.717) is 49.8 Å². The zero-order valence-electron chi connectivity index (χ0n) is 25.4. The van der Waals surface area contributed by atoms with Gasteiger partial charge in [-0.05, 0) is 80.6 Å². The Labute approximate surface area is 262 Å². The van der Waals surface area contributed by atoms with Gasteiger partial charge in [0.05, 0.1) is 36.0 Å². The summed E-state index contributed by atoms with van der Waals surface area (Å²) in [5.41, 5.74) is 4.83. The van der Waals surface area contributed by atoms with Crippen LogP contribution in [0.1, 0.15) is 54.7 Å². The van der Waals surface area contributed by atoms with Crippen LogP contribution < -0.4 is 4.31 Å². The molecule has 0 saturated carbocycles. The molecule has 0 radical (unpaired) electrons. The molecule has 1 aromatic heterocycles. The maximum Gasteiger partial charge on any atom is 0.340 e. The van der Waals surface area contributed by atoms with Crippen molar-refractivity contribution in [2.45, 2.75) is 59.5 Å². The summed E-state index contributed by atoms with van der Waals surface area (Å²) in [7, 11) is -3.85. The Bertz CT molecular complexity index is 1840. The minimum absolute atomic E-state index is 0.0290. The van der Waals surface area contributed by atoms with E-state index in [1.807, 2.05) is 70.2 Å². The lowest BCUT2D eigenvalue weighted by Gasteiger charge is -2.37. The second kappa shape index (κ2) is 12.0. The fourth-order valence-electron chi connectivity index (χ4n) is 5.65. The fourth-order valence-corrected chi connectivity index (χ4v) is 6.71. The van der Waals surface area contributed by atoms with Gasteiger partial charge in [0.2, 0.25) is 10.0 Å². The predicted octanol–water partition coefficient (Wildman–Crippen LogP) is 7.70. The maximum atomic E-state index is 14.4. The maximum absolute atomic E-state index is 14.4. The molecule has 0 fully saturated rings. The zero-order chi connectivity index (χ0) is 32.0. The van der Waals surface area contributed by atoms with Gasteiger partial charge < -0.3 is 9.47 Å². The normalized spacial score (nSPS) is 13.7. The largest absolute Gasteiger partial charge is 0.459 e. The molecule has 1 aliphatic rings. The molecule has 4 aromatic rings. The van der Waals surface area contributed by atoms with Gasteiger partial charge in [-0.15, -0.1) is 0 Å². The van der Waals surface area contributed by atoms with E-state index >= 15 is 0 Å². The molecule has 0 unspecified atom stereocenters. The van der Waals surface area contributed by atoms with E-state index in [2.05, 4.69) is 4.98 Å². The van der Waals surface area contributed by atoms with E-state index in [0.717, 1.165) is 23.6 Å². The van der Waals surface area contributed by atoms with Gasteiger partial charge in [0.25, 0.3) is 0 Å². The van der Waals surface area contributed by atoms with Crippen LogP contribution in [0.15, 0.2) is 66.9 Å². The van der Waals surface area contributed by atoms with Gasteiger partial charge in [-0.25, -0.2) is 17.6 Å². The minimum atomic E-state index is -3.85. The number of hydrogen-bond donors (Lipinski definition) is 0. The number of hydrogen-bond acceptors (Lipinski definition) is 6. The number of esters is 1. The second-order valence-corrected chi connectivity index (χ2v) is 14.2. The number of ether oxygens (including phenoxy) is 2. The third-order valence-corrected chi connectivity index (χ3v) is 8.82. The van der Waals surface area contributed by atoms with E-state index in [1.165, 1.54) is 10.4 Å². The Morgan fingerprint density at radius 1 is 1.05 bits per heavy atom. The van der Waals surface area contributed by atoms with Crippen molar-refractivity contribution in [1.82, 2.24) is 4.98 Å². The van der Waals surface area contributed by atoms with Crippen LogP contribution in [-0.4, -0.2) is 31.2 Å². The number of sulfonamides is 1. The summed E-state index contributed by atoms with van der Waals surface area (Å²) in [4.78, 5) is 18.4. The summed E-state index contributed by atoms with van der Waals surface area (Å²) < 4.78 is 54.4. The predicted molar refractivity (Wildman–Crippen MR) is 170 cm³/mol. The van der Waals surface area contributed by atoms with Crippen molar-refractivity contribution in [3.8, 4) is 22.4 Å². The highest BCUT2D eigenvalue weighted by molar-refractivity contribution is 7.92. The third-order valence-electron chi connectivity index (χ3n) is 7.45. The van der Waals surface area contributed by atoms with Gasteiger partial charge in [-0.1, -0.05) is 54.1 Å². The van der Waals surface area contributed by atoms with Crippen LogP contribution in [0.25, 0.3) is 22.4 Å². The summed E-state index contributed by atoms with van der Waals surface area (Å²) in [5, 5.41) is 0.526. The Morgan fingerprint density at radius 3 is 2.32 bits per heavy atom. The summed E-state index contributed by atoms with van der Waals surface area (Å²) in [6.45, 7) is 9.04. The number of benzene rings is 3. The molecule has 0 amide bonds. The van der Waals surface area contributed by atoms with Crippen molar-refractivity contribution in [2.75, 3.05) is 10.6 Å². The van der Waals surface area contributed by atoms with E-state index in [4.69, 9.17) is 21.1 Å². The first-order valence-electron chi connectivity index (χ1n) is 14.1. The Morgan fingerprint density at radius 2 is 1.70 bits per heavy atom. The van der Waals surface area contributed by atoms with Crippen molar-refractivity contribution >= 4 is 33.3 Å². The molecular formula is C34H34ClFN2O5S. The molecule has 0 N–H and O–H groups in total. The molecule has 0 bridgehead atoms. The fraction of sp³-hybridized carbons (Fsp3) is 0.294. The van der Waals surface area contributed by atoms with Crippen LogP contribution in [-0.2, 0) is 37.4 Å². The van der Waals surface area contributed by atoms with Crippen molar-refractivity contribution < 1.29 is 27.1 Å². The zero-order valence-corrected chi connectivity index (χ0v) is 27.0. The number of aromatic nitrogens is 1. The molecule has 0 spiro atoms. The lowest BCUT2D eigenvalue weighted by atomic mass is 9.81. The molecule has 1 aliphatic heterocycles. The summed E-state index contributed by atoms with van der Waals surface area (Å²) in [5.74, 6) is -1.19. The van der Waals surface area contributed by atoms with Gasteiger partial charge in [0.1, 0.15) is 12.4 Å². The van der Waals surface area contributed by atoms with Crippen LogP contribution in [0.4, 0.5) is 10.1 Å². The quantitative estimate of drug-likeness (QED) is 0.193. The molecule has 3 aromatic carbocycles. The van der Waals surface area contributed by atoms with Crippen LogP contribution in [0.2, 0.25) is 5.02 Å². The monoisotopic (exact) mass is 636 g/mol. The minimum Gasteiger partial charge on any atom is -0.459 e. The van der Waals surface area contributed by atoms with Crippen LogP contribution in [0.5, 0.6) is 0 Å². The van der Waals surface area contributed by atoms with Gasteiger partial charge in [-0.2, -0.15) is 0 Å². The Balaban J connectivity index is 1.83. The molecular weight excluding hydrogens is 603 g/mol. The van der Waals surface area contributed by atoms with Crippen LogP contribution in [0.3, 0.4) is 0 Å². The highest BCUT2D eigenvalue weighted by Gasteiger charge is 2.39. The summed E-state index contributed by atoms with van der Waals surface area (Å²) in [6, 6.07) is 17.8. The number of anilines is 1. The van der Waals surface area contributed by atoms with Crippen LogP contribution in [0, 0.1) is 19.7 Å². The Hall–Kier alpha value is -3.79. The van der Waals surface area contributed by atoms with Crippen molar-refractivity contribution in [3.63, 3.8) is 0 Å². The molecule has 0 aliphatic carbocycles. The molecule has 5 rings (SSSR count). The molecule has 1 atom stereocenters. The van der Waals surface area contributed by atoms with E-state index in [1.54, 1.807) is 19.1 Å². The number of nitrogens with zero attached hydrogens (tertiary/aromatic N) is 2. The van der Waals surface area contributed by atoms with Gasteiger partial charge in [0.15, 0.2) is 6.10 Å². The molecule has 230 valence electrons. The number of pyridine rings is 1. The molecule has 7 nitrogen and oxygen atoms in total. The molecule has 44 heavy (non-hydrogen) atoms. The topological polar surface area (TPSA) is 85.8 Å². The number of halogens is 2. The highest BCUT2D eigenvalue weighted by Crippen LogP contribution is 2.51. The van der Waals surface area contributed by atoms with E-state index in [-0.39, 0.29) is 13.2 Å². The van der Waals surface area contributed by atoms with Crippen molar-refractivity contribution in [1.29, 1.82) is 0 Å². The highest BCUT2D eigenvalue weighted by atomic mass is 35.5. The second-order valence-electron chi connectivity index (χ2n) is 11.9. The lowest BCUT2D eigenvalue weighted by molar-refractivity contribution is -0.168. The molecule has 2 heterocycles. The van der Waals surface area contributed by atoms with Gasteiger partial charge >= 0.3 is 5.97 Å². The first-order chi connectivity index (χ1) is 20.7. The number of fused-ring (bicyclic) bond motifs is 3. The first kappa shape index (κ1) is 31.6. The third kappa shape index (κ3) is 6.36. The summed E-state index contributed by atoms with van der Waals surface area (Å²) >= 11 is 6.26. The van der Waals surface area contributed by atoms with Gasteiger partial charge in [-0.3, -0.25) is 9.29 Å². The van der Waals surface area contributed by atoms with E-state index in [9.17, 15) is 17.6 Å². The lowest BCUT2D eigenvalue weighted by Crippen LogP contribution is -2.35. The number of carbonyl (C=O) groups excluding carboxylic acids is 1. The Kier molecular flexibility index (Phi) is 8.59. The molecule has 0 saturated heterocycles. The van der Waals surface area contributed by atoms with Crippen molar-refractivity contribution in [3.05, 3.63) is 106 Å². The first-order valence-corrected chi connectivity index (χ1v) is 16.3. The SMILES string of the molecule is Cc1c(-c2ccc(Cl)cc2)c([C@H](OC(C)(C)C)C(=O)OCc2ccccc2)c(C)c2c1-c1ncc(F)cc1CN2S(C)(=O)=O. The molecule has 10 heteroatoms. The standard InChI is InChI=1S/C34H34ClFN2O5S/c1-20-27(23-12-14-25(35)15-13-23)28(32(43-34(3,4)5)33(39)42-19-22-10-8-7-9-11-22)21(2)31-29(20)30-24(16-26(36)17-37-30)18-38(31)44(6,40)41/h7-17,32H,18-19H2,1-6H3/t32-/m0/s1. The van der Waals surface area contributed by atoms with Crippen LogP contribution >= 0.6 is 11.6 Å².